The molecule has 0 bridgehead atoms. The summed E-state index contributed by atoms with van der Waals surface area (Å²) in [6.45, 7) is -0.245. The molecular formula is C8H11N3O3. The first kappa shape index (κ1) is 10.3. The van der Waals surface area contributed by atoms with Crippen molar-refractivity contribution in [3.8, 4) is 0 Å². The molecule has 76 valence electrons. The Bertz CT molecular complexity index is 354. The fourth-order valence-corrected chi connectivity index (χ4v) is 1.05. The minimum absolute atomic E-state index is 0.0468. The first-order chi connectivity index (χ1) is 6.56. The third-order valence-electron chi connectivity index (χ3n) is 1.85. The molecule has 0 fully saturated rings. The van der Waals surface area contributed by atoms with Crippen LogP contribution in [0, 0.1) is 10.1 Å². The van der Waals surface area contributed by atoms with Crippen molar-refractivity contribution in [2.24, 2.45) is 0 Å². The summed E-state index contributed by atoms with van der Waals surface area (Å²) in [5.41, 5.74) is 6.39. The molecule has 0 aromatic heterocycles. The largest absolute Gasteiger partial charge is 0.397 e. The van der Waals surface area contributed by atoms with Gasteiger partial charge < -0.3 is 15.7 Å². The number of nitrogen functional groups attached to an aromatic ring is 1. The number of non-ortho nitro benzene ring substituents is 1. The van der Waals surface area contributed by atoms with Gasteiger partial charge in [-0.25, -0.2) is 0 Å². The molecule has 0 aliphatic heterocycles. The number of aliphatic hydroxyl groups excluding tert-OH is 1. The predicted molar refractivity (Wildman–Crippen MR) is 53.0 cm³/mol. The molecule has 1 aromatic carbocycles. The van der Waals surface area contributed by atoms with E-state index in [0.717, 1.165) is 0 Å². The Hall–Kier alpha value is -1.82. The summed E-state index contributed by atoms with van der Waals surface area (Å²) in [5, 5.41) is 19.3. The van der Waals surface area contributed by atoms with Gasteiger partial charge in [-0.3, -0.25) is 10.1 Å². The number of anilines is 2. The van der Waals surface area contributed by atoms with Crippen LogP contribution < -0.4 is 10.6 Å². The van der Waals surface area contributed by atoms with Crippen LogP contribution in [-0.2, 0) is 0 Å². The lowest BCUT2D eigenvalue weighted by Crippen LogP contribution is -2.19. The summed E-state index contributed by atoms with van der Waals surface area (Å²) >= 11 is 0. The SMILES string of the molecule is CN(CO)c1cc([N+](=O)[O-])ccc1N. The number of rotatable bonds is 3. The number of nitrogens with zero attached hydrogens (tertiary/aromatic N) is 2. The maximum absolute atomic E-state index is 10.5. The maximum Gasteiger partial charge on any atom is 0.271 e. The summed E-state index contributed by atoms with van der Waals surface area (Å²) in [7, 11) is 1.59. The Kier molecular flexibility index (Phi) is 2.88. The second kappa shape index (κ2) is 3.93. The molecule has 0 heterocycles. The van der Waals surface area contributed by atoms with Gasteiger partial charge in [-0.15, -0.1) is 0 Å². The smallest absolute Gasteiger partial charge is 0.271 e. The van der Waals surface area contributed by atoms with Crippen LogP contribution >= 0.6 is 0 Å². The first-order valence-corrected chi connectivity index (χ1v) is 3.92. The molecule has 0 aliphatic carbocycles. The molecule has 3 N–H and O–H groups in total. The number of hydrogen-bond acceptors (Lipinski definition) is 5. The van der Waals surface area contributed by atoms with Crippen molar-refractivity contribution in [3.63, 3.8) is 0 Å². The molecule has 0 saturated heterocycles. The molecule has 0 atom stereocenters. The van der Waals surface area contributed by atoms with Gasteiger partial charge in [-0.1, -0.05) is 0 Å². The van der Waals surface area contributed by atoms with Crippen molar-refractivity contribution in [1.82, 2.24) is 0 Å². The summed E-state index contributed by atoms with van der Waals surface area (Å²) in [5.74, 6) is 0. The Balaban J connectivity index is 3.14. The van der Waals surface area contributed by atoms with E-state index in [4.69, 9.17) is 10.8 Å². The molecule has 0 unspecified atom stereocenters. The topological polar surface area (TPSA) is 92.6 Å². The van der Waals surface area contributed by atoms with Gasteiger partial charge in [-0.05, 0) is 6.07 Å². The Morgan fingerprint density at radius 1 is 1.64 bits per heavy atom. The van der Waals surface area contributed by atoms with Gasteiger partial charge >= 0.3 is 0 Å². The van der Waals surface area contributed by atoms with Crippen molar-refractivity contribution in [2.45, 2.75) is 0 Å². The quantitative estimate of drug-likeness (QED) is 0.319. The number of hydrogen-bond donors (Lipinski definition) is 2. The number of nitrogens with two attached hydrogens (primary N) is 1. The van der Waals surface area contributed by atoms with Crippen molar-refractivity contribution >= 4 is 17.1 Å². The second-order valence-electron chi connectivity index (χ2n) is 2.84. The van der Waals surface area contributed by atoms with Crippen molar-refractivity contribution in [1.29, 1.82) is 0 Å². The Morgan fingerprint density at radius 3 is 2.79 bits per heavy atom. The van der Waals surface area contributed by atoms with Crippen molar-refractivity contribution in [2.75, 3.05) is 24.4 Å². The van der Waals surface area contributed by atoms with Gasteiger partial charge in [0.2, 0.25) is 0 Å². The maximum atomic E-state index is 10.5. The normalized spacial score (nSPS) is 9.86. The summed E-state index contributed by atoms with van der Waals surface area (Å²) in [6.07, 6.45) is 0. The molecule has 1 aromatic rings. The lowest BCUT2D eigenvalue weighted by molar-refractivity contribution is -0.384. The standard InChI is InChI=1S/C8H11N3O3/c1-10(5-12)8-4-6(11(13)14)2-3-7(8)9/h2-4,12H,5,9H2,1H3. The van der Waals surface area contributed by atoms with Crippen LogP contribution in [0.15, 0.2) is 18.2 Å². The van der Waals surface area contributed by atoms with Crippen molar-refractivity contribution in [3.05, 3.63) is 28.3 Å². The molecule has 0 amide bonds. The number of nitro groups is 1. The lowest BCUT2D eigenvalue weighted by Gasteiger charge is -2.17. The molecule has 1 rings (SSSR count). The summed E-state index contributed by atoms with van der Waals surface area (Å²) in [6, 6.07) is 4.09. The van der Waals surface area contributed by atoms with E-state index < -0.39 is 4.92 Å². The van der Waals surface area contributed by atoms with E-state index in [1.165, 1.54) is 23.1 Å². The fraction of sp³-hybridized carbons (Fsp3) is 0.250. The van der Waals surface area contributed by atoms with Crippen LogP contribution in [0.1, 0.15) is 0 Å². The van der Waals surface area contributed by atoms with E-state index in [0.29, 0.717) is 11.4 Å². The van der Waals surface area contributed by atoms with E-state index in [1.807, 2.05) is 0 Å². The van der Waals surface area contributed by atoms with Gasteiger partial charge in [0.1, 0.15) is 6.73 Å². The van der Waals surface area contributed by atoms with E-state index in [-0.39, 0.29) is 12.4 Å². The van der Waals surface area contributed by atoms with Crippen LogP contribution in [-0.4, -0.2) is 23.8 Å². The third kappa shape index (κ3) is 1.91. The zero-order valence-corrected chi connectivity index (χ0v) is 7.67. The molecule has 0 spiro atoms. The van der Waals surface area contributed by atoms with Gasteiger partial charge in [0.25, 0.3) is 5.69 Å². The average Bonchev–Trinajstić information content (AvgIpc) is 2.17. The minimum Gasteiger partial charge on any atom is -0.397 e. The highest BCUT2D eigenvalue weighted by molar-refractivity contribution is 5.70. The average molecular weight is 197 g/mol. The van der Waals surface area contributed by atoms with Gasteiger partial charge in [-0.2, -0.15) is 0 Å². The molecule has 0 saturated carbocycles. The van der Waals surface area contributed by atoms with E-state index in [1.54, 1.807) is 7.05 Å². The van der Waals surface area contributed by atoms with Crippen molar-refractivity contribution < 1.29 is 10.0 Å². The van der Waals surface area contributed by atoms with Crippen LogP contribution in [0.4, 0.5) is 17.1 Å². The van der Waals surface area contributed by atoms with E-state index in [2.05, 4.69) is 0 Å². The summed E-state index contributed by atoms with van der Waals surface area (Å²) < 4.78 is 0. The van der Waals surface area contributed by atoms with Crippen LogP contribution in [0.2, 0.25) is 0 Å². The Labute approximate surface area is 80.7 Å². The van der Waals surface area contributed by atoms with E-state index in [9.17, 15) is 10.1 Å². The molecule has 6 heteroatoms. The van der Waals surface area contributed by atoms with Gasteiger partial charge in [0, 0.05) is 19.2 Å². The number of nitro benzene ring substituents is 1. The van der Waals surface area contributed by atoms with Gasteiger partial charge in [0.05, 0.1) is 16.3 Å². The lowest BCUT2D eigenvalue weighted by atomic mass is 10.2. The zero-order chi connectivity index (χ0) is 10.7. The highest BCUT2D eigenvalue weighted by Gasteiger charge is 2.11. The monoisotopic (exact) mass is 197 g/mol. The van der Waals surface area contributed by atoms with Crippen LogP contribution in [0.3, 0.4) is 0 Å². The number of aliphatic hydroxyl groups is 1. The fourth-order valence-electron chi connectivity index (χ4n) is 1.05. The molecule has 6 nitrogen and oxygen atoms in total. The molecule has 0 radical (unpaired) electrons. The van der Waals surface area contributed by atoms with Gasteiger partial charge in [0.15, 0.2) is 0 Å². The first-order valence-electron chi connectivity index (χ1n) is 3.92. The zero-order valence-electron chi connectivity index (χ0n) is 7.67. The Morgan fingerprint density at radius 2 is 2.29 bits per heavy atom. The van der Waals surface area contributed by atoms with Crippen LogP contribution in [0.5, 0.6) is 0 Å². The van der Waals surface area contributed by atoms with E-state index >= 15 is 0 Å². The third-order valence-corrected chi connectivity index (χ3v) is 1.85. The predicted octanol–water partition coefficient (Wildman–Crippen LogP) is 0.563. The highest BCUT2D eigenvalue weighted by Crippen LogP contribution is 2.26. The second-order valence-corrected chi connectivity index (χ2v) is 2.84. The molecule has 0 aliphatic rings. The molecular weight excluding hydrogens is 186 g/mol. The highest BCUT2D eigenvalue weighted by atomic mass is 16.6. The minimum atomic E-state index is -0.506. The number of benzene rings is 1. The summed E-state index contributed by atoms with van der Waals surface area (Å²) in [4.78, 5) is 11.4. The van der Waals surface area contributed by atoms with Crippen LogP contribution in [0.25, 0.3) is 0 Å². The molecule has 14 heavy (non-hydrogen) atoms.